The van der Waals surface area contributed by atoms with Gasteiger partial charge in [-0.3, -0.25) is 0 Å². The SMILES string of the molecule is FC(F)(F)c1ccc(C23c4c5c6c7c8c9c(c%10c%11c2c2c%12c4c4c%13c5c5c7c7c8c8c%14c9c%10c9c%10c%11c2c2c%11c%12c4c4c%12c%13c5c5c7c7c8c8c%14c9c9c%10c2c2c%11c4c4c%12c5c7c5c8c9c2c45)C63)cc1. The second-order valence-corrected chi connectivity index (χ2v) is 25.1. The predicted octanol–water partition coefficient (Wildman–Crippen LogP) is 19.2. The second-order valence-electron chi connectivity index (χ2n) is 25.1. The zero-order valence-corrected chi connectivity index (χ0v) is 35.0. The van der Waals surface area contributed by atoms with Crippen LogP contribution in [0.15, 0.2) is 24.3 Å². The molecule has 0 N–H and O–H groups in total. The van der Waals surface area contributed by atoms with Crippen molar-refractivity contribution in [3.05, 3.63) is 57.6 Å². The Kier molecular flexibility index (Phi) is 2.21. The Balaban J connectivity index is 1.17. The molecular formula is C67H5F3. The minimum Gasteiger partial charge on any atom is -0.166 e. The lowest BCUT2D eigenvalue weighted by Crippen LogP contribution is -2.37. The lowest BCUT2D eigenvalue weighted by atomic mass is 9.56. The molecule has 0 nitrogen and oxygen atoms in total. The van der Waals surface area contributed by atoms with Crippen LogP contribution in [-0.2, 0) is 11.6 Å². The van der Waals surface area contributed by atoms with Crippen molar-refractivity contribution in [3.8, 4) is 0 Å². The molecule has 4 aliphatic rings. The van der Waals surface area contributed by atoms with E-state index in [1.54, 1.807) is 151 Å². The van der Waals surface area contributed by atoms with Crippen molar-refractivity contribution in [1.82, 2.24) is 0 Å². The van der Waals surface area contributed by atoms with Crippen molar-refractivity contribution in [1.29, 1.82) is 0 Å². The molecule has 70 heavy (non-hydrogen) atoms. The van der Waals surface area contributed by atoms with Crippen molar-refractivity contribution in [3.63, 3.8) is 0 Å². The Morgan fingerprint density at radius 2 is 0.414 bits per heavy atom. The number of rotatable bonds is 1. The molecule has 294 valence electrons. The number of alkyl halides is 3. The van der Waals surface area contributed by atoms with Gasteiger partial charge >= 0.3 is 6.18 Å². The molecule has 0 bridgehead atoms. The molecule has 3 heteroatoms. The summed E-state index contributed by atoms with van der Waals surface area (Å²) in [5.41, 5.74) is 5.75. The quantitative estimate of drug-likeness (QED) is 0.144. The predicted molar refractivity (Wildman–Crippen MR) is 285 cm³/mol. The zero-order chi connectivity index (χ0) is 42.0. The number of hydrogen-bond acceptors (Lipinski definition) is 0. The van der Waals surface area contributed by atoms with Crippen LogP contribution in [-0.4, -0.2) is 0 Å². The zero-order valence-electron chi connectivity index (χ0n) is 35.0. The maximum absolute atomic E-state index is 14.9. The Bertz CT molecular complexity index is 7470. The van der Waals surface area contributed by atoms with Crippen LogP contribution in [0.25, 0.3) is 291 Å². The van der Waals surface area contributed by atoms with Crippen LogP contribution in [0.2, 0.25) is 0 Å². The summed E-state index contributed by atoms with van der Waals surface area (Å²) >= 11 is 0. The molecule has 0 spiro atoms. The van der Waals surface area contributed by atoms with E-state index in [0.717, 1.165) is 5.56 Å². The normalized spacial score (nSPS) is 21.0. The first-order valence-electron chi connectivity index (χ1n) is 25.5. The van der Waals surface area contributed by atoms with Gasteiger partial charge in [0.1, 0.15) is 0 Å². The summed E-state index contributed by atoms with van der Waals surface area (Å²) in [6.45, 7) is 0. The summed E-state index contributed by atoms with van der Waals surface area (Å²) in [6, 6.07) is 6.83. The van der Waals surface area contributed by atoms with Crippen LogP contribution in [0.5, 0.6) is 0 Å². The Hall–Kier alpha value is -8.53. The number of halogens is 3. The van der Waals surface area contributed by atoms with Gasteiger partial charge in [0.05, 0.1) is 11.0 Å². The van der Waals surface area contributed by atoms with Crippen LogP contribution < -0.4 is 0 Å². The van der Waals surface area contributed by atoms with Crippen LogP contribution in [0.1, 0.15) is 39.3 Å². The summed E-state index contributed by atoms with van der Waals surface area (Å²) in [7, 11) is 0. The fourth-order valence-corrected chi connectivity index (χ4v) is 24.6. The summed E-state index contributed by atoms with van der Waals surface area (Å²) in [5.74, 6) is -0.0464. The monoisotopic (exact) mass is 866 g/mol. The molecular weight excluding hydrogens is 862 g/mol. The molecule has 29 aromatic carbocycles. The van der Waals surface area contributed by atoms with Crippen molar-refractivity contribution < 1.29 is 13.2 Å². The first-order chi connectivity index (χ1) is 34.6. The Labute approximate surface area is 377 Å². The van der Waals surface area contributed by atoms with Gasteiger partial charge in [-0.1, -0.05) is 12.1 Å². The van der Waals surface area contributed by atoms with Crippen LogP contribution >= 0.6 is 0 Å². The molecule has 0 radical (unpaired) electrons. The largest absolute Gasteiger partial charge is 0.416 e. The fourth-order valence-electron chi connectivity index (χ4n) is 24.6. The Morgan fingerprint density at radius 3 is 0.714 bits per heavy atom. The highest BCUT2D eigenvalue weighted by molar-refractivity contribution is 6.82. The van der Waals surface area contributed by atoms with Gasteiger partial charge < -0.3 is 0 Å². The first-order valence-corrected chi connectivity index (χ1v) is 25.5. The van der Waals surface area contributed by atoms with Crippen molar-refractivity contribution >= 4 is 291 Å². The molecule has 0 fully saturated rings. The van der Waals surface area contributed by atoms with Gasteiger partial charge in [-0.25, -0.2) is 0 Å². The van der Waals surface area contributed by atoms with Gasteiger partial charge in [0.25, 0.3) is 0 Å². The molecule has 4 aliphatic carbocycles. The molecule has 0 saturated carbocycles. The molecule has 0 saturated heterocycles. The van der Waals surface area contributed by atoms with E-state index in [0.29, 0.717) is 0 Å². The third kappa shape index (κ3) is 1.41. The van der Waals surface area contributed by atoms with Gasteiger partial charge in [-0.2, -0.15) is 13.2 Å². The molecule has 2 atom stereocenters. The number of benzene rings is 18. The Morgan fingerprint density at radius 1 is 0.229 bits per heavy atom. The third-order valence-electron chi connectivity index (χ3n) is 24.8. The highest BCUT2D eigenvalue weighted by Crippen LogP contribution is 2.84. The molecule has 29 aromatic rings. The van der Waals surface area contributed by atoms with E-state index in [1.807, 2.05) is 12.1 Å². The van der Waals surface area contributed by atoms with Gasteiger partial charge in [0.2, 0.25) is 0 Å². The fraction of sp³-hybridized carbons (Fsp3) is 0.0448. The van der Waals surface area contributed by atoms with Crippen LogP contribution in [0.3, 0.4) is 0 Å². The molecule has 0 aliphatic heterocycles. The minimum absolute atomic E-state index is 0.0464. The summed E-state index contributed by atoms with van der Waals surface area (Å²) in [6.07, 6.45) is -4.43. The lowest BCUT2D eigenvalue weighted by Gasteiger charge is -2.44. The third-order valence-corrected chi connectivity index (χ3v) is 24.8. The summed E-state index contributed by atoms with van der Waals surface area (Å²) < 4.78 is 44.8. The minimum atomic E-state index is -4.43. The van der Waals surface area contributed by atoms with Crippen molar-refractivity contribution in [2.45, 2.75) is 17.5 Å². The molecule has 0 aromatic heterocycles. The summed E-state index contributed by atoms with van der Waals surface area (Å²) in [4.78, 5) is 0. The van der Waals surface area contributed by atoms with Gasteiger partial charge in [-0.15, -0.1) is 0 Å². The smallest absolute Gasteiger partial charge is 0.166 e. The maximum Gasteiger partial charge on any atom is 0.416 e. The molecule has 0 amide bonds. The van der Waals surface area contributed by atoms with E-state index in [4.69, 9.17) is 0 Å². The van der Waals surface area contributed by atoms with E-state index in [-0.39, 0.29) is 5.92 Å². The number of hydrogen-bond donors (Lipinski definition) is 0. The highest BCUT2D eigenvalue weighted by atomic mass is 19.4. The van der Waals surface area contributed by atoms with E-state index < -0.39 is 17.2 Å². The molecule has 33 rings (SSSR count). The summed E-state index contributed by atoms with van der Waals surface area (Å²) in [5, 5.41) is 83.0. The maximum atomic E-state index is 14.9. The van der Waals surface area contributed by atoms with Crippen LogP contribution in [0, 0.1) is 0 Å². The van der Waals surface area contributed by atoms with Crippen LogP contribution in [0.4, 0.5) is 13.2 Å². The van der Waals surface area contributed by atoms with Gasteiger partial charge in [0.15, 0.2) is 0 Å². The lowest BCUT2D eigenvalue weighted by molar-refractivity contribution is -0.137. The van der Waals surface area contributed by atoms with E-state index in [2.05, 4.69) is 0 Å². The van der Waals surface area contributed by atoms with Crippen molar-refractivity contribution in [2.24, 2.45) is 0 Å². The van der Waals surface area contributed by atoms with E-state index >= 15 is 0 Å². The molecule has 0 heterocycles. The molecule has 2 unspecified atom stereocenters. The topological polar surface area (TPSA) is 0 Å². The van der Waals surface area contributed by atoms with Gasteiger partial charge in [-0.05, 0) is 331 Å². The average Bonchev–Trinajstić information content (AvgIpc) is 4.30. The van der Waals surface area contributed by atoms with Gasteiger partial charge in [0, 0.05) is 5.92 Å². The highest BCUT2D eigenvalue weighted by Gasteiger charge is 2.64. The average molecular weight is 867 g/mol. The first kappa shape index (κ1) is 26.3. The standard InChI is InChI=1S/C67H5F3/c68-67(69,70)6-3-1-5(2-4-6)66-63-59-53-39-31-23-11-8-7-9-12(11)24-26-22-16(9)18-14-10(7)13-17-15(8)21-25(23)37(39)45-43-29(21)27(17)35-33-19(13)20(14)34-36-28(18)30(22)44-46-38(26)40(32(24)31)54(53)60(63)56(46)58-50(44)48(36)52-42(34)41(33)51-47(35)49(43)57(55(45)59)64(66)61(51)62(52)65(58)66/h1-4,64H. The van der Waals surface area contributed by atoms with E-state index in [1.165, 1.54) is 174 Å². The van der Waals surface area contributed by atoms with E-state index in [9.17, 15) is 13.2 Å². The second kappa shape index (κ2) is 5.89. The van der Waals surface area contributed by atoms with Crippen molar-refractivity contribution in [2.75, 3.05) is 0 Å².